The Morgan fingerprint density at radius 1 is 0.816 bits per heavy atom. The lowest BCUT2D eigenvalue weighted by molar-refractivity contribution is -0.320. The first-order chi connectivity index (χ1) is 18.5. The van der Waals surface area contributed by atoms with Crippen molar-refractivity contribution in [1.29, 1.82) is 0 Å². The molecular formula is C29H50O9. The fourth-order valence-electron chi connectivity index (χ4n) is 4.31. The second-order valence-corrected chi connectivity index (χ2v) is 9.60. The number of methoxy groups -OCH3 is 2. The van der Waals surface area contributed by atoms with Crippen LogP contribution >= 0.6 is 0 Å². The first kappa shape index (κ1) is 33.1. The maximum Gasteiger partial charge on any atom is 0.186 e. The molecule has 1 heterocycles. The maximum atomic E-state index is 6.36. The van der Waals surface area contributed by atoms with Gasteiger partial charge in [0.25, 0.3) is 0 Å². The van der Waals surface area contributed by atoms with Crippen molar-refractivity contribution in [3.8, 4) is 0 Å². The highest BCUT2D eigenvalue weighted by Crippen LogP contribution is 2.29. The highest BCUT2D eigenvalue weighted by atomic mass is 16.7. The SMILES string of the molecule is CCOC(CCO[C@@H]1O[C@H](COCC(C)C)[C@@H](OC)[C@H](OC)[C@@H]1OCCCOCc1ccccc1)OCC. The molecule has 9 heteroatoms. The van der Waals surface area contributed by atoms with Crippen molar-refractivity contribution in [1.82, 2.24) is 0 Å². The molecule has 0 spiro atoms. The molecule has 0 N–H and O–H groups in total. The minimum absolute atomic E-state index is 0.329. The number of hydrogen-bond donors (Lipinski definition) is 0. The minimum atomic E-state index is -0.659. The molecule has 2 rings (SSSR count). The van der Waals surface area contributed by atoms with Gasteiger partial charge in [0.2, 0.25) is 0 Å². The van der Waals surface area contributed by atoms with Crippen LogP contribution in [0.15, 0.2) is 30.3 Å². The molecule has 0 unspecified atom stereocenters. The van der Waals surface area contributed by atoms with Crippen molar-refractivity contribution >= 4 is 0 Å². The molecule has 0 saturated carbocycles. The molecule has 220 valence electrons. The molecule has 0 radical (unpaired) electrons. The predicted molar refractivity (Wildman–Crippen MR) is 144 cm³/mol. The minimum Gasteiger partial charge on any atom is -0.378 e. The van der Waals surface area contributed by atoms with Crippen LogP contribution in [0.1, 0.15) is 46.1 Å². The third-order valence-corrected chi connectivity index (χ3v) is 6.06. The molecule has 0 aliphatic carbocycles. The molecule has 1 aromatic carbocycles. The summed E-state index contributed by atoms with van der Waals surface area (Å²) in [6.45, 7) is 12.2. The molecule has 1 fully saturated rings. The highest BCUT2D eigenvalue weighted by Gasteiger charge is 2.48. The first-order valence-electron chi connectivity index (χ1n) is 13.9. The van der Waals surface area contributed by atoms with Crippen LogP contribution in [0.25, 0.3) is 0 Å². The van der Waals surface area contributed by atoms with E-state index >= 15 is 0 Å². The van der Waals surface area contributed by atoms with Gasteiger partial charge < -0.3 is 42.6 Å². The Balaban J connectivity index is 1.97. The molecule has 1 aliphatic rings. The molecule has 1 saturated heterocycles. The second-order valence-electron chi connectivity index (χ2n) is 9.60. The van der Waals surface area contributed by atoms with Crippen LogP contribution in [0, 0.1) is 5.92 Å². The lowest BCUT2D eigenvalue weighted by atomic mass is 9.98. The smallest absolute Gasteiger partial charge is 0.186 e. The average Bonchev–Trinajstić information content (AvgIpc) is 2.91. The van der Waals surface area contributed by atoms with Crippen molar-refractivity contribution in [3.05, 3.63) is 35.9 Å². The van der Waals surface area contributed by atoms with Gasteiger partial charge in [-0.2, -0.15) is 0 Å². The van der Waals surface area contributed by atoms with Crippen LogP contribution in [-0.4, -0.2) is 97.5 Å². The number of hydrogen-bond acceptors (Lipinski definition) is 9. The van der Waals surface area contributed by atoms with Gasteiger partial charge in [-0.05, 0) is 31.7 Å². The van der Waals surface area contributed by atoms with E-state index in [0.717, 1.165) is 12.0 Å². The summed E-state index contributed by atoms with van der Waals surface area (Å²) in [4.78, 5) is 0. The number of rotatable bonds is 21. The van der Waals surface area contributed by atoms with Gasteiger partial charge in [0.15, 0.2) is 12.6 Å². The zero-order valence-corrected chi connectivity index (χ0v) is 24.2. The summed E-state index contributed by atoms with van der Waals surface area (Å²) in [6.07, 6.45) is -1.31. The molecule has 38 heavy (non-hydrogen) atoms. The Morgan fingerprint density at radius 2 is 1.53 bits per heavy atom. The van der Waals surface area contributed by atoms with E-state index < -0.39 is 18.5 Å². The normalized spacial score (nSPS) is 23.9. The topological polar surface area (TPSA) is 83.1 Å². The third-order valence-electron chi connectivity index (χ3n) is 6.06. The predicted octanol–water partition coefficient (Wildman–Crippen LogP) is 4.21. The van der Waals surface area contributed by atoms with Crippen molar-refractivity contribution in [2.45, 2.75) is 84.1 Å². The summed E-state index contributed by atoms with van der Waals surface area (Å²) in [5.74, 6) is 0.416. The van der Waals surface area contributed by atoms with Gasteiger partial charge >= 0.3 is 0 Å². The molecular weight excluding hydrogens is 492 g/mol. The Bertz CT molecular complexity index is 684. The van der Waals surface area contributed by atoms with Crippen LogP contribution in [0.4, 0.5) is 0 Å². The lowest BCUT2D eigenvalue weighted by Gasteiger charge is -2.45. The van der Waals surface area contributed by atoms with Crippen LogP contribution in [0.5, 0.6) is 0 Å². The van der Waals surface area contributed by atoms with Gasteiger partial charge in [-0.15, -0.1) is 0 Å². The summed E-state index contributed by atoms with van der Waals surface area (Å²) in [7, 11) is 3.31. The fraction of sp³-hybridized carbons (Fsp3) is 0.793. The quantitative estimate of drug-likeness (QED) is 0.168. The average molecular weight is 543 g/mol. The van der Waals surface area contributed by atoms with E-state index in [-0.39, 0.29) is 18.5 Å². The van der Waals surface area contributed by atoms with Crippen LogP contribution < -0.4 is 0 Å². The van der Waals surface area contributed by atoms with E-state index in [9.17, 15) is 0 Å². The van der Waals surface area contributed by atoms with E-state index in [1.165, 1.54) is 0 Å². The van der Waals surface area contributed by atoms with Gasteiger partial charge in [0.05, 0.1) is 19.8 Å². The molecule has 0 bridgehead atoms. The Labute approximate surface area is 229 Å². The van der Waals surface area contributed by atoms with E-state index in [0.29, 0.717) is 65.2 Å². The molecule has 0 amide bonds. The summed E-state index contributed by atoms with van der Waals surface area (Å²) in [5.41, 5.74) is 1.15. The summed E-state index contributed by atoms with van der Waals surface area (Å²) >= 11 is 0. The zero-order valence-electron chi connectivity index (χ0n) is 24.2. The van der Waals surface area contributed by atoms with Gasteiger partial charge in [0.1, 0.15) is 24.4 Å². The van der Waals surface area contributed by atoms with Crippen LogP contribution in [-0.2, 0) is 49.2 Å². The number of ether oxygens (including phenoxy) is 9. The van der Waals surface area contributed by atoms with Crippen LogP contribution in [0.3, 0.4) is 0 Å². The van der Waals surface area contributed by atoms with E-state index in [1.807, 2.05) is 32.0 Å². The van der Waals surface area contributed by atoms with E-state index in [4.69, 9.17) is 42.6 Å². The van der Waals surface area contributed by atoms with E-state index in [1.54, 1.807) is 14.2 Å². The summed E-state index contributed by atoms with van der Waals surface area (Å²) in [6, 6.07) is 10.1. The van der Waals surface area contributed by atoms with Crippen molar-refractivity contribution < 1.29 is 42.6 Å². The fourth-order valence-corrected chi connectivity index (χ4v) is 4.31. The molecule has 5 atom stereocenters. The van der Waals surface area contributed by atoms with Gasteiger partial charge in [-0.25, -0.2) is 0 Å². The van der Waals surface area contributed by atoms with Crippen molar-refractivity contribution in [2.24, 2.45) is 5.92 Å². The van der Waals surface area contributed by atoms with Crippen molar-refractivity contribution in [2.75, 3.05) is 60.5 Å². The zero-order chi connectivity index (χ0) is 27.6. The largest absolute Gasteiger partial charge is 0.378 e. The standard InChI is InChI=1S/C29H50O9/c1-7-34-25(35-8-2)15-18-37-29-28(36-17-12-16-32-20-23-13-10-9-11-14-23)27(31-6)26(30-5)24(38-29)21-33-19-22(3)4/h9-11,13-14,22,24-29H,7-8,12,15-21H2,1-6H3/t24-,26-,27+,28+,29-/m1/s1. The lowest BCUT2D eigenvalue weighted by Crippen LogP contribution is -2.61. The molecule has 1 aromatic rings. The van der Waals surface area contributed by atoms with Gasteiger partial charge in [-0.1, -0.05) is 44.2 Å². The Kier molecular flexibility index (Phi) is 17.3. The Hall–Kier alpha value is -1.14. The van der Waals surface area contributed by atoms with Gasteiger partial charge in [0, 0.05) is 53.7 Å². The monoisotopic (exact) mass is 542 g/mol. The van der Waals surface area contributed by atoms with Crippen molar-refractivity contribution in [3.63, 3.8) is 0 Å². The van der Waals surface area contributed by atoms with Gasteiger partial charge in [-0.3, -0.25) is 0 Å². The Morgan fingerprint density at radius 3 is 2.16 bits per heavy atom. The third kappa shape index (κ3) is 11.9. The molecule has 0 aromatic heterocycles. The summed E-state index contributed by atoms with van der Waals surface area (Å²) < 4.78 is 53.6. The first-order valence-corrected chi connectivity index (χ1v) is 13.9. The number of benzene rings is 1. The van der Waals surface area contributed by atoms with E-state index in [2.05, 4.69) is 26.0 Å². The summed E-state index contributed by atoms with van der Waals surface area (Å²) in [5, 5.41) is 0. The molecule has 9 nitrogen and oxygen atoms in total. The highest BCUT2D eigenvalue weighted by molar-refractivity contribution is 5.13. The second kappa shape index (κ2) is 19.8. The maximum absolute atomic E-state index is 6.36. The van der Waals surface area contributed by atoms with Crippen LogP contribution in [0.2, 0.25) is 0 Å². The molecule has 1 aliphatic heterocycles.